The van der Waals surface area contributed by atoms with Crippen molar-refractivity contribution < 1.29 is 5.48 Å². The molecule has 1 aliphatic rings. The first-order valence-electron chi connectivity index (χ1n) is 5.27. The van der Waals surface area contributed by atoms with E-state index in [1.165, 1.54) is 23.4 Å². The van der Waals surface area contributed by atoms with Crippen LogP contribution in [0.15, 0.2) is 0 Å². The summed E-state index contributed by atoms with van der Waals surface area (Å²) in [4.78, 5) is 5.73. The van der Waals surface area contributed by atoms with Gasteiger partial charge in [0.1, 0.15) is 0 Å². The zero-order valence-corrected chi connectivity index (χ0v) is 9.86. The second kappa shape index (κ2) is 5.44. The van der Waals surface area contributed by atoms with Crippen LogP contribution in [0.3, 0.4) is 0 Å². The molecule has 0 aromatic carbocycles. The number of fused-ring (bicyclic) bond motifs is 1. The summed E-state index contributed by atoms with van der Waals surface area (Å²) >= 11 is 1.65. The molecule has 0 unspecified atom stereocenters. The van der Waals surface area contributed by atoms with Crippen LogP contribution in [0.2, 0.25) is 0 Å². The molecule has 1 aromatic heterocycles. The van der Waals surface area contributed by atoms with Gasteiger partial charge in [-0.15, -0.1) is 11.3 Å². The van der Waals surface area contributed by atoms with Gasteiger partial charge in [0.15, 0.2) is 5.13 Å². The predicted octanol–water partition coefficient (Wildman–Crippen LogP) is 0.757. The number of nitrogens with zero attached hydrogens (tertiary/aromatic N) is 1. The monoisotopic (exact) mass is 229 g/mol. The minimum atomic E-state index is 0. The highest BCUT2D eigenvalue weighted by Gasteiger charge is 2.21. The van der Waals surface area contributed by atoms with Crippen LogP contribution in [0.4, 0.5) is 5.13 Å². The fraction of sp³-hybridized carbons (Fsp3) is 0.700. The van der Waals surface area contributed by atoms with Crippen LogP contribution >= 0.6 is 11.3 Å². The number of aryl methyl sites for hydroxylation is 1. The van der Waals surface area contributed by atoms with Gasteiger partial charge in [-0.1, -0.05) is 6.92 Å². The van der Waals surface area contributed by atoms with Gasteiger partial charge >= 0.3 is 0 Å². The van der Waals surface area contributed by atoms with Gasteiger partial charge in [0.05, 0.1) is 5.69 Å². The summed E-state index contributed by atoms with van der Waals surface area (Å²) in [6.07, 6.45) is 4.61. The van der Waals surface area contributed by atoms with E-state index in [0.29, 0.717) is 6.04 Å². The van der Waals surface area contributed by atoms with Gasteiger partial charge in [0.25, 0.3) is 0 Å². The molecule has 0 fully saturated rings. The van der Waals surface area contributed by atoms with Crippen molar-refractivity contribution in [2.24, 2.45) is 0 Å². The van der Waals surface area contributed by atoms with Crippen LogP contribution in [0.5, 0.6) is 0 Å². The highest BCUT2D eigenvalue weighted by Crippen LogP contribution is 2.27. The maximum absolute atomic E-state index is 5.69. The first-order valence-corrected chi connectivity index (χ1v) is 6.08. The largest absolute Gasteiger partial charge is 0.412 e. The Balaban J connectivity index is 0.00000112. The standard InChI is InChI=1S/C10H17N3S.H2O/c1-2-5-12-7-3-4-8-9(6-7)14-10(11)13-8;/h7,12H,2-6H2,1H3,(H2,11,13);1H2/t7-;/m0./s1. The molecule has 1 aliphatic carbocycles. The fourth-order valence-corrected chi connectivity index (χ4v) is 2.88. The molecule has 0 bridgehead atoms. The summed E-state index contributed by atoms with van der Waals surface area (Å²) in [6.45, 7) is 3.32. The van der Waals surface area contributed by atoms with Crippen molar-refractivity contribution in [3.05, 3.63) is 10.6 Å². The van der Waals surface area contributed by atoms with Crippen LogP contribution in [-0.4, -0.2) is 23.0 Å². The van der Waals surface area contributed by atoms with Crippen molar-refractivity contribution >= 4 is 16.5 Å². The number of nitrogen functional groups attached to an aromatic ring is 1. The van der Waals surface area contributed by atoms with E-state index < -0.39 is 0 Å². The molecule has 4 nitrogen and oxygen atoms in total. The third kappa shape index (κ3) is 2.90. The van der Waals surface area contributed by atoms with E-state index in [1.807, 2.05) is 0 Å². The van der Waals surface area contributed by atoms with E-state index in [1.54, 1.807) is 11.3 Å². The summed E-state index contributed by atoms with van der Waals surface area (Å²) in [7, 11) is 0. The fourth-order valence-electron chi connectivity index (χ4n) is 1.92. The third-order valence-electron chi connectivity index (χ3n) is 2.64. The average molecular weight is 229 g/mol. The zero-order chi connectivity index (χ0) is 9.97. The van der Waals surface area contributed by atoms with Gasteiger partial charge in [0, 0.05) is 10.9 Å². The minimum absolute atomic E-state index is 0. The predicted molar refractivity (Wildman–Crippen MR) is 64.2 cm³/mol. The molecular weight excluding hydrogens is 210 g/mol. The number of rotatable bonds is 3. The molecule has 0 saturated heterocycles. The lowest BCUT2D eigenvalue weighted by atomic mass is 9.98. The molecule has 1 atom stereocenters. The van der Waals surface area contributed by atoms with E-state index in [-0.39, 0.29) is 5.48 Å². The zero-order valence-electron chi connectivity index (χ0n) is 9.05. The second-order valence-electron chi connectivity index (χ2n) is 3.82. The lowest BCUT2D eigenvalue weighted by Crippen LogP contribution is -2.34. The van der Waals surface area contributed by atoms with Gasteiger partial charge in [-0.25, -0.2) is 4.98 Å². The molecular formula is C10H19N3OS. The maximum atomic E-state index is 5.69. The van der Waals surface area contributed by atoms with Gasteiger partial charge in [-0.2, -0.15) is 0 Å². The Labute approximate surface area is 94.2 Å². The SMILES string of the molecule is CCCN[C@H]1CCc2nc(N)sc2C1.O. The number of anilines is 1. The van der Waals surface area contributed by atoms with Crippen LogP contribution in [-0.2, 0) is 12.8 Å². The topological polar surface area (TPSA) is 82.4 Å². The first kappa shape index (κ1) is 12.4. The summed E-state index contributed by atoms with van der Waals surface area (Å²) in [5.41, 5.74) is 6.93. The average Bonchev–Trinajstić information content (AvgIpc) is 2.54. The van der Waals surface area contributed by atoms with Crippen molar-refractivity contribution in [1.29, 1.82) is 0 Å². The highest BCUT2D eigenvalue weighted by atomic mass is 32.1. The van der Waals surface area contributed by atoms with E-state index in [9.17, 15) is 0 Å². The summed E-state index contributed by atoms with van der Waals surface area (Å²) < 4.78 is 0. The number of hydrogen-bond donors (Lipinski definition) is 2. The molecule has 15 heavy (non-hydrogen) atoms. The van der Waals surface area contributed by atoms with Crippen LogP contribution < -0.4 is 11.1 Å². The maximum Gasteiger partial charge on any atom is 0.180 e. The van der Waals surface area contributed by atoms with E-state index in [0.717, 1.165) is 24.5 Å². The Morgan fingerprint density at radius 2 is 2.40 bits per heavy atom. The molecule has 1 heterocycles. The molecule has 0 spiro atoms. The Bertz CT molecular complexity index is 314. The molecule has 0 aliphatic heterocycles. The van der Waals surface area contributed by atoms with Crippen LogP contribution in [0.1, 0.15) is 30.3 Å². The van der Waals surface area contributed by atoms with Gasteiger partial charge < -0.3 is 16.5 Å². The Morgan fingerprint density at radius 1 is 1.60 bits per heavy atom. The Hall–Kier alpha value is -0.650. The molecule has 0 radical (unpaired) electrons. The first-order chi connectivity index (χ1) is 6.79. The quantitative estimate of drug-likeness (QED) is 0.802. The lowest BCUT2D eigenvalue weighted by molar-refractivity contribution is 0.460. The molecule has 86 valence electrons. The van der Waals surface area contributed by atoms with Crippen LogP contribution in [0.25, 0.3) is 0 Å². The Morgan fingerprint density at radius 3 is 3.13 bits per heavy atom. The number of thiazole rings is 1. The van der Waals surface area contributed by atoms with Crippen molar-refractivity contribution in [3.63, 3.8) is 0 Å². The van der Waals surface area contributed by atoms with Gasteiger partial charge in [0.2, 0.25) is 0 Å². The van der Waals surface area contributed by atoms with Crippen molar-refractivity contribution in [3.8, 4) is 0 Å². The molecule has 2 rings (SSSR count). The minimum Gasteiger partial charge on any atom is -0.412 e. The normalized spacial score (nSPS) is 19.4. The summed E-state index contributed by atoms with van der Waals surface area (Å²) in [5.74, 6) is 0. The lowest BCUT2D eigenvalue weighted by Gasteiger charge is -2.21. The summed E-state index contributed by atoms with van der Waals surface area (Å²) in [6, 6.07) is 0.641. The summed E-state index contributed by atoms with van der Waals surface area (Å²) in [5, 5.41) is 4.29. The second-order valence-corrected chi connectivity index (χ2v) is 4.93. The van der Waals surface area contributed by atoms with E-state index in [2.05, 4.69) is 17.2 Å². The smallest absolute Gasteiger partial charge is 0.180 e. The third-order valence-corrected chi connectivity index (χ3v) is 3.59. The number of aromatic nitrogens is 1. The molecule has 5 N–H and O–H groups in total. The molecule has 5 heteroatoms. The van der Waals surface area contributed by atoms with E-state index >= 15 is 0 Å². The Kier molecular flexibility index (Phi) is 4.50. The highest BCUT2D eigenvalue weighted by molar-refractivity contribution is 7.15. The van der Waals surface area contributed by atoms with Crippen molar-refractivity contribution in [2.75, 3.05) is 12.3 Å². The van der Waals surface area contributed by atoms with E-state index in [4.69, 9.17) is 5.73 Å². The van der Waals surface area contributed by atoms with Crippen LogP contribution in [0, 0.1) is 0 Å². The van der Waals surface area contributed by atoms with Gasteiger partial charge in [-0.3, -0.25) is 0 Å². The molecule has 0 amide bonds. The number of hydrogen-bond acceptors (Lipinski definition) is 4. The number of nitrogens with two attached hydrogens (primary N) is 1. The molecule has 1 aromatic rings. The number of nitrogens with one attached hydrogen (secondary N) is 1. The van der Waals surface area contributed by atoms with Crippen molar-refractivity contribution in [2.45, 2.75) is 38.6 Å². The van der Waals surface area contributed by atoms with Crippen molar-refractivity contribution in [1.82, 2.24) is 10.3 Å². The van der Waals surface area contributed by atoms with Gasteiger partial charge in [-0.05, 0) is 32.2 Å². The molecule has 0 saturated carbocycles.